The molecular formula is C9H15NO6. The minimum absolute atomic E-state index is 0.0948. The van der Waals surface area contributed by atoms with Crippen molar-refractivity contribution in [3.8, 4) is 0 Å². The Bertz CT molecular complexity index is 247. The zero-order valence-electron chi connectivity index (χ0n) is 9.44. The third-order valence-electron chi connectivity index (χ3n) is 1.49. The van der Waals surface area contributed by atoms with Crippen LogP contribution < -0.4 is 5.32 Å². The molecule has 7 nitrogen and oxygen atoms in total. The number of methoxy groups -OCH3 is 1. The maximum Gasteiger partial charge on any atom is 0.408 e. The maximum atomic E-state index is 11.3. The van der Waals surface area contributed by atoms with Crippen molar-refractivity contribution in [2.24, 2.45) is 0 Å². The molecule has 0 radical (unpaired) electrons. The molecule has 0 aliphatic heterocycles. The van der Waals surface area contributed by atoms with Gasteiger partial charge in [-0.3, -0.25) is 5.32 Å². The predicted octanol–water partition coefficient (Wildman–Crippen LogP) is -0.163. The number of hydrogen-bond donors (Lipinski definition) is 1. The van der Waals surface area contributed by atoms with Gasteiger partial charge in [-0.1, -0.05) is 0 Å². The van der Waals surface area contributed by atoms with Crippen molar-refractivity contribution in [3.63, 3.8) is 0 Å². The number of alkyl carbamates (subject to hydrolysis) is 1. The van der Waals surface area contributed by atoms with Crippen molar-refractivity contribution in [1.29, 1.82) is 0 Å². The predicted molar refractivity (Wildman–Crippen MR) is 52.6 cm³/mol. The number of esters is 2. The van der Waals surface area contributed by atoms with Crippen LogP contribution >= 0.6 is 0 Å². The van der Waals surface area contributed by atoms with Crippen LogP contribution in [-0.4, -0.2) is 44.4 Å². The summed E-state index contributed by atoms with van der Waals surface area (Å²) in [6.45, 7) is 3.35. The molecular weight excluding hydrogens is 218 g/mol. The van der Waals surface area contributed by atoms with E-state index in [2.05, 4.69) is 14.2 Å². The summed E-state index contributed by atoms with van der Waals surface area (Å²) in [6, 6.07) is -1.49. The molecule has 0 heterocycles. The molecule has 1 amide bonds. The van der Waals surface area contributed by atoms with Crippen LogP contribution in [-0.2, 0) is 23.8 Å². The van der Waals surface area contributed by atoms with Gasteiger partial charge in [0.2, 0.25) is 6.04 Å². The van der Waals surface area contributed by atoms with E-state index >= 15 is 0 Å². The Kier molecular flexibility index (Phi) is 6.66. The number of amides is 1. The van der Waals surface area contributed by atoms with Gasteiger partial charge in [0.15, 0.2) is 0 Å². The van der Waals surface area contributed by atoms with Gasteiger partial charge in [-0.05, 0) is 13.8 Å². The van der Waals surface area contributed by atoms with E-state index in [0.29, 0.717) is 0 Å². The third-order valence-corrected chi connectivity index (χ3v) is 1.49. The molecule has 0 rings (SSSR count). The summed E-state index contributed by atoms with van der Waals surface area (Å²) in [5, 5.41) is 2.03. The molecule has 0 aliphatic rings. The van der Waals surface area contributed by atoms with Crippen LogP contribution in [0.2, 0.25) is 0 Å². The Morgan fingerprint density at radius 3 is 1.81 bits per heavy atom. The fraction of sp³-hybridized carbons (Fsp3) is 0.667. The summed E-state index contributed by atoms with van der Waals surface area (Å²) in [5.41, 5.74) is 0. The molecule has 0 saturated heterocycles. The molecule has 0 aromatic heterocycles. The van der Waals surface area contributed by atoms with Crippen molar-refractivity contribution >= 4 is 18.0 Å². The van der Waals surface area contributed by atoms with E-state index in [0.717, 1.165) is 7.11 Å². The highest BCUT2D eigenvalue weighted by Gasteiger charge is 2.31. The molecule has 1 N–H and O–H groups in total. The summed E-state index contributed by atoms with van der Waals surface area (Å²) >= 11 is 0. The van der Waals surface area contributed by atoms with Crippen LogP contribution in [0.1, 0.15) is 13.8 Å². The highest BCUT2D eigenvalue weighted by atomic mass is 16.6. The van der Waals surface area contributed by atoms with Gasteiger partial charge in [-0.2, -0.15) is 0 Å². The SMILES string of the molecule is CCOC(=O)C(NC(=O)OC)C(=O)OCC. The number of carbonyl (C=O) groups is 3. The lowest BCUT2D eigenvalue weighted by Gasteiger charge is -2.14. The zero-order chi connectivity index (χ0) is 12.6. The number of rotatable bonds is 5. The molecule has 0 spiro atoms. The summed E-state index contributed by atoms with van der Waals surface area (Å²) in [7, 11) is 1.11. The van der Waals surface area contributed by atoms with E-state index in [1.165, 1.54) is 0 Å². The monoisotopic (exact) mass is 233 g/mol. The quantitative estimate of drug-likeness (QED) is 0.403. The van der Waals surface area contributed by atoms with Crippen molar-refractivity contribution in [2.45, 2.75) is 19.9 Å². The second-order valence-electron chi connectivity index (χ2n) is 2.57. The Balaban J connectivity index is 4.55. The van der Waals surface area contributed by atoms with Gasteiger partial charge in [-0.25, -0.2) is 14.4 Å². The smallest absolute Gasteiger partial charge is 0.408 e. The zero-order valence-corrected chi connectivity index (χ0v) is 9.44. The average molecular weight is 233 g/mol. The molecule has 92 valence electrons. The lowest BCUT2D eigenvalue weighted by molar-refractivity contribution is -0.157. The van der Waals surface area contributed by atoms with Crippen LogP contribution in [0.4, 0.5) is 4.79 Å². The standard InChI is InChI=1S/C9H15NO6/c1-4-15-7(11)6(8(12)16-5-2)10-9(13)14-3/h6H,4-5H2,1-3H3,(H,10,13). The van der Waals surface area contributed by atoms with E-state index in [9.17, 15) is 14.4 Å². The first-order valence-corrected chi connectivity index (χ1v) is 4.74. The highest BCUT2D eigenvalue weighted by Crippen LogP contribution is 1.95. The molecule has 16 heavy (non-hydrogen) atoms. The second kappa shape index (κ2) is 7.49. The number of carbonyl (C=O) groups excluding carboxylic acids is 3. The van der Waals surface area contributed by atoms with Crippen LogP contribution in [0.3, 0.4) is 0 Å². The van der Waals surface area contributed by atoms with E-state index < -0.39 is 24.1 Å². The topological polar surface area (TPSA) is 90.9 Å². The normalized spacial score (nSPS) is 9.50. The number of hydrogen-bond acceptors (Lipinski definition) is 6. The lowest BCUT2D eigenvalue weighted by Crippen LogP contribution is -2.48. The molecule has 0 aromatic rings. The van der Waals surface area contributed by atoms with Crippen LogP contribution in [0.5, 0.6) is 0 Å². The van der Waals surface area contributed by atoms with Gasteiger partial charge >= 0.3 is 18.0 Å². The minimum Gasteiger partial charge on any atom is -0.464 e. The van der Waals surface area contributed by atoms with Gasteiger partial charge in [-0.15, -0.1) is 0 Å². The minimum atomic E-state index is -1.49. The fourth-order valence-electron chi connectivity index (χ4n) is 0.842. The Morgan fingerprint density at radius 1 is 1.06 bits per heavy atom. The molecule has 0 unspecified atom stereocenters. The summed E-state index contributed by atoms with van der Waals surface area (Å²) < 4.78 is 13.5. The molecule has 0 aliphatic carbocycles. The first-order chi connectivity index (χ1) is 7.56. The van der Waals surface area contributed by atoms with Crippen molar-refractivity contribution < 1.29 is 28.6 Å². The van der Waals surface area contributed by atoms with Crippen LogP contribution in [0.15, 0.2) is 0 Å². The van der Waals surface area contributed by atoms with Crippen LogP contribution in [0.25, 0.3) is 0 Å². The maximum absolute atomic E-state index is 11.3. The summed E-state index contributed by atoms with van der Waals surface area (Å²) in [6.07, 6.45) is -0.911. The number of nitrogens with one attached hydrogen (secondary N) is 1. The Labute approximate surface area is 93.0 Å². The molecule has 0 aromatic carbocycles. The third kappa shape index (κ3) is 4.63. The van der Waals surface area contributed by atoms with Gasteiger partial charge in [0, 0.05) is 0 Å². The molecule has 0 fully saturated rings. The van der Waals surface area contributed by atoms with Gasteiger partial charge in [0.25, 0.3) is 0 Å². The molecule has 0 saturated carbocycles. The summed E-state index contributed by atoms with van der Waals surface area (Å²) in [4.78, 5) is 33.5. The molecule has 0 bridgehead atoms. The van der Waals surface area contributed by atoms with Crippen molar-refractivity contribution in [1.82, 2.24) is 5.32 Å². The first kappa shape index (κ1) is 14.2. The molecule has 7 heteroatoms. The lowest BCUT2D eigenvalue weighted by atomic mass is 10.3. The van der Waals surface area contributed by atoms with E-state index in [-0.39, 0.29) is 13.2 Å². The van der Waals surface area contributed by atoms with Crippen molar-refractivity contribution in [3.05, 3.63) is 0 Å². The average Bonchev–Trinajstić information content (AvgIpc) is 2.25. The van der Waals surface area contributed by atoms with Gasteiger partial charge < -0.3 is 14.2 Å². The second-order valence-corrected chi connectivity index (χ2v) is 2.57. The van der Waals surface area contributed by atoms with Crippen LogP contribution in [0, 0.1) is 0 Å². The van der Waals surface area contributed by atoms with E-state index in [1.807, 2.05) is 5.32 Å². The largest absolute Gasteiger partial charge is 0.464 e. The summed E-state index contributed by atoms with van der Waals surface area (Å²) in [5.74, 6) is -1.77. The molecule has 0 atom stereocenters. The fourth-order valence-corrected chi connectivity index (χ4v) is 0.842. The van der Waals surface area contributed by atoms with Gasteiger partial charge in [0.05, 0.1) is 20.3 Å². The Morgan fingerprint density at radius 2 is 1.50 bits per heavy atom. The number of ether oxygens (including phenoxy) is 3. The van der Waals surface area contributed by atoms with Gasteiger partial charge in [0.1, 0.15) is 0 Å². The highest BCUT2D eigenvalue weighted by molar-refractivity contribution is 6.01. The van der Waals surface area contributed by atoms with Crippen molar-refractivity contribution in [2.75, 3.05) is 20.3 Å². The first-order valence-electron chi connectivity index (χ1n) is 4.74. The van der Waals surface area contributed by atoms with E-state index in [1.54, 1.807) is 13.8 Å². The Hall–Kier alpha value is -1.79. The van der Waals surface area contributed by atoms with E-state index in [4.69, 9.17) is 0 Å².